The zero-order valence-corrected chi connectivity index (χ0v) is 31.8. The van der Waals surface area contributed by atoms with Gasteiger partial charge in [0.25, 0.3) is 0 Å². The summed E-state index contributed by atoms with van der Waals surface area (Å²) in [6, 6.07) is 81.2. The highest BCUT2D eigenvalue weighted by Crippen LogP contribution is 2.45. The minimum absolute atomic E-state index is 1.11. The van der Waals surface area contributed by atoms with Crippen LogP contribution in [0.4, 0.5) is 17.1 Å². The molecule has 0 spiro atoms. The van der Waals surface area contributed by atoms with Gasteiger partial charge >= 0.3 is 0 Å². The molecule has 9 aromatic carbocycles. The summed E-state index contributed by atoms with van der Waals surface area (Å²) in [5.74, 6) is 0. The van der Waals surface area contributed by atoms with E-state index in [4.69, 9.17) is 0 Å². The van der Waals surface area contributed by atoms with E-state index in [0.717, 1.165) is 17.1 Å². The van der Waals surface area contributed by atoms with Crippen LogP contribution < -0.4 is 4.90 Å². The van der Waals surface area contributed by atoms with Crippen molar-refractivity contribution in [2.24, 2.45) is 0 Å². The van der Waals surface area contributed by atoms with Gasteiger partial charge in [0.05, 0.1) is 16.7 Å². The molecular weight excluding hydrogens is 701 g/mol. The van der Waals surface area contributed by atoms with Crippen molar-refractivity contribution in [3.05, 3.63) is 231 Å². The van der Waals surface area contributed by atoms with Gasteiger partial charge in [-0.25, -0.2) is 0 Å². The molecule has 0 fully saturated rings. The molecule has 272 valence electrons. The molecule has 0 aliphatic rings. The predicted octanol–water partition coefficient (Wildman–Crippen LogP) is 15.5. The van der Waals surface area contributed by atoms with Crippen molar-refractivity contribution in [1.82, 2.24) is 4.40 Å². The van der Waals surface area contributed by atoms with Crippen LogP contribution in [0.25, 0.3) is 82.5 Å². The van der Waals surface area contributed by atoms with Crippen molar-refractivity contribution < 1.29 is 0 Å². The molecule has 0 aliphatic carbocycles. The van der Waals surface area contributed by atoms with Crippen molar-refractivity contribution in [1.29, 1.82) is 0 Å². The lowest BCUT2D eigenvalue weighted by atomic mass is 9.93. The molecule has 0 unspecified atom stereocenters. The van der Waals surface area contributed by atoms with Gasteiger partial charge in [-0.3, -0.25) is 0 Å². The molecule has 0 bridgehead atoms. The average Bonchev–Trinajstić information content (AvgIpc) is 3.63. The normalized spacial score (nSPS) is 11.4. The van der Waals surface area contributed by atoms with E-state index in [1.807, 2.05) is 0 Å². The number of anilines is 3. The topological polar surface area (TPSA) is 7.65 Å². The molecule has 58 heavy (non-hydrogen) atoms. The van der Waals surface area contributed by atoms with Gasteiger partial charge in [-0.1, -0.05) is 188 Å². The zero-order chi connectivity index (χ0) is 38.4. The van der Waals surface area contributed by atoms with Crippen LogP contribution in [0.5, 0.6) is 0 Å². The molecule has 11 rings (SSSR count). The number of fused-ring (bicyclic) bond motifs is 5. The van der Waals surface area contributed by atoms with Gasteiger partial charge in [0.2, 0.25) is 0 Å². The molecule has 0 aliphatic heterocycles. The Morgan fingerprint density at radius 1 is 0.293 bits per heavy atom. The minimum atomic E-state index is 1.11. The number of para-hydroxylation sites is 1. The summed E-state index contributed by atoms with van der Waals surface area (Å²) in [7, 11) is 0. The van der Waals surface area contributed by atoms with Crippen molar-refractivity contribution in [2.75, 3.05) is 4.90 Å². The number of aromatic nitrogens is 1. The zero-order valence-electron chi connectivity index (χ0n) is 31.8. The van der Waals surface area contributed by atoms with Crippen LogP contribution in [0.3, 0.4) is 0 Å². The lowest BCUT2D eigenvalue weighted by molar-refractivity contribution is 1.28. The summed E-state index contributed by atoms with van der Waals surface area (Å²) in [5.41, 5.74) is 15.5. The van der Waals surface area contributed by atoms with Gasteiger partial charge in [-0.05, 0) is 85.9 Å². The van der Waals surface area contributed by atoms with Crippen LogP contribution in [-0.2, 0) is 0 Å². The predicted molar refractivity (Wildman–Crippen MR) is 246 cm³/mol. The maximum Gasteiger partial charge on any atom is 0.0625 e. The summed E-state index contributed by atoms with van der Waals surface area (Å²) in [5, 5.41) is 6.15. The number of rotatable bonds is 7. The summed E-state index contributed by atoms with van der Waals surface area (Å²) in [6.07, 6.45) is 2.30. The van der Waals surface area contributed by atoms with Crippen LogP contribution in [0.15, 0.2) is 231 Å². The van der Waals surface area contributed by atoms with Crippen LogP contribution in [-0.4, -0.2) is 4.40 Å². The van der Waals surface area contributed by atoms with E-state index in [1.54, 1.807) is 0 Å². The highest BCUT2D eigenvalue weighted by Gasteiger charge is 2.21. The molecule has 0 amide bonds. The van der Waals surface area contributed by atoms with Crippen molar-refractivity contribution in [2.45, 2.75) is 0 Å². The first-order chi connectivity index (χ1) is 28.8. The van der Waals surface area contributed by atoms with E-state index in [-0.39, 0.29) is 0 Å². The van der Waals surface area contributed by atoms with Crippen molar-refractivity contribution in [3.8, 4) is 44.5 Å². The number of nitrogens with zero attached hydrogens (tertiary/aromatic N) is 2. The molecule has 11 aromatic rings. The maximum atomic E-state index is 2.40. The van der Waals surface area contributed by atoms with Crippen molar-refractivity contribution >= 4 is 55.0 Å². The Labute approximate surface area is 338 Å². The average molecular weight is 739 g/mol. The standard InChI is InChI=1S/C56H38N2/c1-3-14-39(15-4-1)41-30-34-47(35-31-41)58(53-25-13-20-43-16-7-9-21-49(43)53)48-36-32-42(33-37-48)40-26-28-45(29-27-40)54-50-22-10-8-19-46(50)38-57-52-24-12-11-23-51(52)55(56(54)57)44-17-5-2-6-18-44/h1-38H. The Kier molecular flexibility index (Phi) is 8.19. The number of hydrogen-bond donors (Lipinski definition) is 0. The van der Waals surface area contributed by atoms with Crippen molar-refractivity contribution in [3.63, 3.8) is 0 Å². The second kappa shape index (κ2) is 14.1. The fraction of sp³-hybridized carbons (Fsp3) is 0. The molecule has 2 aromatic heterocycles. The Balaban J connectivity index is 1.01. The number of benzene rings is 9. The van der Waals surface area contributed by atoms with Gasteiger partial charge in [0, 0.05) is 39.5 Å². The lowest BCUT2D eigenvalue weighted by Crippen LogP contribution is -2.10. The minimum Gasteiger partial charge on any atom is -0.315 e. The van der Waals surface area contributed by atoms with Crippen LogP contribution in [0.1, 0.15) is 0 Å². The largest absolute Gasteiger partial charge is 0.315 e. The quantitative estimate of drug-likeness (QED) is 0.158. The molecule has 0 saturated carbocycles. The molecule has 0 saturated heterocycles. The third kappa shape index (κ3) is 5.74. The first-order valence-electron chi connectivity index (χ1n) is 19.9. The molecule has 0 atom stereocenters. The Morgan fingerprint density at radius 3 is 1.38 bits per heavy atom. The number of hydrogen-bond acceptors (Lipinski definition) is 1. The SMILES string of the molecule is c1ccc(-c2ccc(N(c3ccc(-c4ccc(-c5c6ccccc6cn6c5c(-c5ccccc5)c5ccccc56)cc4)cc3)c3cccc4ccccc34)cc2)cc1. The van der Waals surface area contributed by atoms with Gasteiger partial charge in [-0.15, -0.1) is 0 Å². The summed E-state index contributed by atoms with van der Waals surface area (Å²) in [4.78, 5) is 2.38. The Bertz CT molecular complexity index is 3230. The highest BCUT2D eigenvalue weighted by molar-refractivity contribution is 6.16. The van der Waals surface area contributed by atoms with Crippen LogP contribution >= 0.6 is 0 Å². The van der Waals surface area contributed by atoms with Gasteiger partial charge < -0.3 is 9.30 Å². The van der Waals surface area contributed by atoms with E-state index >= 15 is 0 Å². The van der Waals surface area contributed by atoms with Crippen LogP contribution in [0, 0.1) is 0 Å². The van der Waals surface area contributed by atoms with E-state index in [2.05, 4.69) is 240 Å². The Morgan fingerprint density at radius 2 is 0.724 bits per heavy atom. The monoisotopic (exact) mass is 738 g/mol. The van der Waals surface area contributed by atoms with Crippen LogP contribution in [0.2, 0.25) is 0 Å². The lowest BCUT2D eigenvalue weighted by Gasteiger charge is -2.27. The molecular formula is C56H38N2. The third-order valence-electron chi connectivity index (χ3n) is 11.6. The number of pyridine rings is 1. The summed E-state index contributed by atoms with van der Waals surface area (Å²) < 4.78 is 2.40. The first kappa shape index (κ1) is 33.6. The fourth-order valence-corrected chi connectivity index (χ4v) is 8.83. The highest BCUT2D eigenvalue weighted by atomic mass is 15.1. The van der Waals surface area contributed by atoms with E-state index in [9.17, 15) is 0 Å². The van der Waals surface area contributed by atoms with E-state index in [0.29, 0.717) is 0 Å². The molecule has 2 nitrogen and oxygen atoms in total. The molecule has 0 radical (unpaired) electrons. The van der Waals surface area contributed by atoms with E-state index in [1.165, 1.54) is 82.5 Å². The molecule has 2 heterocycles. The van der Waals surface area contributed by atoms with E-state index < -0.39 is 0 Å². The second-order valence-electron chi connectivity index (χ2n) is 14.9. The van der Waals surface area contributed by atoms with Gasteiger partial charge in [0.1, 0.15) is 0 Å². The van der Waals surface area contributed by atoms with Gasteiger partial charge in [-0.2, -0.15) is 0 Å². The third-order valence-corrected chi connectivity index (χ3v) is 11.6. The molecule has 2 heteroatoms. The maximum absolute atomic E-state index is 2.40. The summed E-state index contributed by atoms with van der Waals surface area (Å²) >= 11 is 0. The van der Waals surface area contributed by atoms with Gasteiger partial charge in [0.15, 0.2) is 0 Å². The Hall–Kier alpha value is -7.68. The first-order valence-corrected chi connectivity index (χ1v) is 19.9. The molecule has 0 N–H and O–H groups in total. The smallest absolute Gasteiger partial charge is 0.0625 e. The fourth-order valence-electron chi connectivity index (χ4n) is 8.83. The summed E-state index contributed by atoms with van der Waals surface area (Å²) in [6.45, 7) is 0. The second-order valence-corrected chi connectivity index (χ2v) is 14.9.